The van der Waals surface area contributed by atoms with Crippen LogP contribution in [0.1, 0.15) is 0 Å². The second-order valence-electron chi connectivity index (χ2n) is 3.71. The molecule has 0 aliphatic carbocycles. The van der Waals surface area contributed by atoms with E-state index >= 15 is 0 Å². The van der Waals surface area contributed by atoms with Gasteiger partial charge >= 0.3 is 0 Å². The van der Waals surface area contributed by atoms with E-state index in [1.807, 2.05) is 36.4 Å². The Morgan fingerprint density at radius 2 is 2.00 bits per heavy atom. The number of thiophene rings is 1. The van der Waals surface area contributed by atoms with Crippen LogP contribution in [-0.2, 0) is 0 Å². The molecular formula is C13H8ClNOS. The molecule has 3 rings (SSSR count). The van der Waals surface area contributed by atoms with Gasteiger partial charge < -0.3 is 4.98 Å². The number of pyridine rings is 1. The first-order valence-corrected chi connectivity index (χ1v) is 6.31. The van der Waals surface area contributed by atoms with Crippen LogP contribution in [0.3, 0.4) is 0 Å². The summed E-state index contributed by atoms with van der Waals surface area (Å²) in [4.78, 5) is 15.4. The highest BCUT2D eigenvalue weighted by molar-refractivity contribution is 7.19. The average molecular weight is 262 g/mol. The topological polar surface area (TPSA) is 32.9 Å². The molecular weight excluding hydrogens is 254 g/mol. The van der Waals surface area contributed by atoms with Gasteiger partial charge in [0.1, 0.15) is 0 Å². The Morgan fingerprint density at radius 1 is 1.12 bits per heavy atom. The Hall–Kier alpha value is -1.58. The maximum Gasteiger partial charge on any atom is 0.255 e. The summed E-state index contributed by atoms with van der Waals surface area (Å²) in [5, 5.41) is 1.65. The molecule has 0 atom stereocenters. The lowest BCUT2D eigenvalue weighted by molar-refractivity contribution is 1.28. The van der Waals surface area contributed by atoms with Gasteiger partial charge in [0.05, 0.1) is 4.34 Å². The van der Waals surface area contributed by atoms with Crippen LogP contribution in [0, 0.1) is 0 Å². The van der Waals surface area contributed by atoms with Crippen LogP contribution in [0.25, 0.3) is 21.2 Å². The van der Waals surface area contributed by atoms with Gasteiger partial charge in [-0.15, -0.1) is 11.3 Å². The third kappa shape index (κ3) is 1.88. The van der Waals surface area contributed by atoms with E-state index in [0.29, 0.717) is 5.39 Å². The van der Waals surface area contributed by atoms with Crippen molar-refractivity contribution >= 4 is 33.7 Å². The normalized spacial score (nSPS) is 10.9. The van der Waals surface area contributed by atoms with Crippen molar-refractivity contribution in [1.29, 1.82) is 0 Å². The van der Waals surface area contributed by atoms with E-state index in [9.17, 15) is 4.79 Å². The van der Waals surface area contributed by atoms with Crippen LogP contribution in [0.15, 0.2) is 47.4 Å². The third-order valence-corrected chi connectivity index (χ3v) is 3.91. The molecule has 0 aliphatic heterocycles. The number of hydrogen-bond donors (Lipinski definition) is 1. The van der Waals surface area contributed by atoms with E-state index in [4.69, 9.17) is 11.6 Å². The summed E-state index contributed by atoms with van der Waals surface area (Å²) in [5.41, 5.74) is 0.957. The Labute approximate surface area is 106 Å². The number of rotatable bonds is 1. The molecule has 0 amide bonds. The van der Waals surface area contributed by atoms with Gasteiger partial charge in [-0.1, -0.05) is 23.7 Å². The Morgan fingerprint density at radius 3 is 2.76 bits per heavy atom. The van der Waals surface area contributed by atoms with Crippen LogP contribution in [0.4, 0.5) is 0 Å². The lowest BCUT2D eigenvalue weighted by Crippen LogP contribution is -2.03. The number of benzene rings is 1. The van der Waals surface area contributed by atoms with Crippen molar-refractivity contribution in [2.45, 2.75) is 0 Å². The minimum atomic E-state index is -0.0630. The molecule has 0 saturated carbocycles. The van der Waals surface area contributed by atoms with Crippen molar-refractivity contribution in [3.05, 3.63) is 57.3 Å². The van der Waals surface area contributed by atoms with Crippen LogP contribution >= 0.6 is 22.9 Å². The van der Waals surface area contributed by atoms with Gasteiger partial charge in [-0.05, 0) is 35.2 Å². The van der Waals surface area contributed by atoms with Gasteiger partial charge in [0.25, 0.3) is 5.56 Å². The molecule has 0 radical (unpaired) electrons. The van der Waals surface area contributed by atoms with Gasteiger partial charge in [-0.25, -0.2) is 0 Å². The van der Waals surface area contributed by atoms with Crippen molar-refractivity contribution in [3.8, 4) is 10.4 Å². The Kier molecular flexibility index (Phi) is 2.50. The molecule has 4 heteroatoms. The van der Waals surface area contributed by atoms with Gasteiger partial charge in [-0.3, -0.25) is 4.79 Å². The standard InChI is InChI=1S/C13H8ClNOS/c14-12-4-3-11(17-12)9-2-1-8-5-6-15-13(16)10(8)7-9/h1-7H,(H,15,16). The molecule has 3 aromatic rings. The van der Waals surface area contributed by atoms with E-state index in [-0.39, 0.29) is 5.56 Å². The summed E-state index contributed by atoms with van der Waals surface area (Å²) < 4.78 is 0.752. The molecule has 0 fully saturated rings. The molecule has 2 aromatic heterocycles. The fraction of sp³-hybridized carbons (Fsp3) is 0. The van der Waals surface area contributed by atoms with E-state index in [1.165, 1.54) is 11.3 Å². The first-order valence-electron chi connectivity index (χ1n) is 5.11. The molecule has 0 spiro atoms. The van der Waals surface area contributed by atoms with Gasteiger partial charge in [0.2, 0.25) is 0 Å². The molecule has 0 aliphatic rings. The fourth-order valence-electron chi connectivity index (χ4n) is 1.81. The molecule has 1 aromatic carbocycles. The summed E-state index contributed by atoms with van der Waals surface area (Å²) >= 11 is 7.42. The molecule has 0 unspecified atom stereocenters. The summed E-state index contributed by atoms with van der Waals surface area (Å²) in [6.45, 7) is 0. The third-order valence-electron chi connectivity index (χ3n) is 2.63. The lowest BCUT2D eigenvalue weighted by atomic mass is 10.1. The average Bonchev–Trinajstić information content (AvgIpc) is 2.76. The Bertz CT molecular complexity index is 744. The zero-order chi connectivity index (χ0) is 11.8. The van der Waals surface area contributed by atoms with Crippen molar-refractivity contribution in [1.82, 2.24) is 4.98 Å². The van der Waals surface area contributed by atoms with Crippen molar-refractivity contribution in [3.63, 3.8) is 0 Å². The summed E-state index contributed by atoms with van der Waals surface area (Å²) in [7, 11) is 0. The van der Waals surface area contributed by atoms with Gasteiger partial charge in [0.15, 0.2) is 0 Å². The van der Waals surface area contributed by atoms with Crippen LogP contribution < -0.4 is 5.56 Å². The predicted molar refractivity (Wildman–Crippen MR) is 72.9 cm³/mol. The summed E-state index contributed by atoms with van der Waals surface area (Å²) in [5.74, 6) is 0. The quantitative estimate of drug-likeness (QED) is 0.708. The number of hydrogen-bond acceptors (Lipinski definition) is 2. The molecule has 17 heavy (non-hydrogen) atoms. The van der Waals surface area contributed by atoms with Crippen LogP contribution in [0.5, 0.6) is 0 Å². The number of H-pyrrole nitrogens is 1. The van der Waals surface area contributed by atoms with E-state index in [1.54, 1.807) is 6.20 Å². The Balaban J connectivity index is 2.26. The maximum atomic E-state index is 11.7. The molecule has 2 nitrogen and oxygen atoms in total. The highest BCUT2D eigenvalue weighted by Gasteiger charge is 2.04. The number of fused-ring (bicyclic) bond motifs is 1. The highest BCUT2D eigenvalue weighted by Crippen LogP contribution is 2.31. The molecule has 1 N–H and O–H groups in total. The molecule has 2 heterocycles. The zero-order valence-corrected chi connectivity index (χ0v) is 10.3. The first kappa shape index (κ1) is 10.6. The van der Waals surface area contributed by atoms with E-state index in [0.717, 1.165) is 20.2 Å². The molecule has 0 saturated heterocycles. The highest BCUT2D eigenvalue weighted by atomic mass is 35.5. The van der Waals surface area contributed by atoms with Crippen LogP contribution in [-0.4, -0.2) is 4.98 Å². The van der Waals surface area contributed by atoms with Crippen LogP contribution in [0.2, 0.25) is 4.34 Å². The summed E-state index contributed by atoms with van der Waals surface area (Å²) in [6.07, 6.45) is 1.66. The largest absolute Gasteiger partial charge is 0.329 e. The number of aromatic amines is 1. The number of aromatic nitrogens is 1. The van der Waals surface area contributed by atoms with E-state index < -0.39 is 0 Å². The minimum Gasteiger partial charge on any atom is -0.329 e. The minimum absolute atomic E-state index is 0.0630. The number of halogens is 1. The van der Waals surface area contributed by atoms with Crippen molar-refractivity contribution in [2.75, 3.05) is 0 Å². The first-order chi connectivity index (χ1) is 8.24. The van der Waals surface area contributed by atoms with Gasteiger partial charge in [0, 0.05) is 16.5 Å². The molecule has 84 valence electrons. The van der Waals surface area contributed by atoms with Crippen molar-refractivity contribution < 1.29 is 0 Å². The monoisotopic (exact) mass is 261 g/mol. The maximum absolute atomic E-state index is 11.7. The SMILES string of the molecule is O=c1[nH]ccc2ccc(-c3ccc(Cl)s3)cc12. The predicted octanol–water partition coefficient (Wildman–Crippen LogP) is 3.91. The second kappa shape index (κ2) is 4.02. The smallest absolute Gasteiger partial charge is 0.255 e. The zero-order valence-electron chi connectivity index (χ0n) is 8.74. The number of nitrogens with one attached hydrogen (secondary N) is 1. The fourth-order valence-corrected chi connectivity index (χ4v) is 2.85. The summed E-state index contributed by atoms with van der Waals surface area (Å²) in [6, 6.07) is 11.6. The second-order valence-corrected chi connectivity index (χ2v) is 5.43. The van der Waals surface area contributed by atoms with Gasteiger partial charge in [-0.2, -0.15) is 0 Å². The molecule has 0 bridgehead atoms. The van der Waals surface area contributed by atoms with Crippen molar-refractivity contribution in [2.24, 2.45) is 0 Å². The lowest BCUT2D eigenvalue weighted by Gasteiger charge is -2.00. The van der Waals surface area contributed by atoms with E-state index in [2.05, 4.69) is 4.98 Å².